The first-order valence-electron chi connectivity index (χ1n) is 6.93. The Kier molecular flexibility index (Phi) is 4.24. The molecule has 1 atom stereocenters. The molecule has 0 spiro atoms. The summed E-state index contributed by atoms with van der Waals surface area (Å²) in [7, 11) is 3.52. The van der Waals surface area contributed by atoms with Gasteiger partial charge in [-0.2, -0.15) is 5.10 Å². The first-order valence-corrected chi connectivity index (χ1v) is 6.93. The van der Waals surface area contributed by atoms with Gasteiger partial charge >= 0.3 is 0 Å². The van der Waals surface area contributed by atoms with E-state index in [2.05, 4.69) is 12.0 Å². The zero-order valence-electron chi connectivity index (χ0n) is 12.1. The number of amides is 1. The molecule has 106 valence electrons. The number of carbonyl (C=O) groups is 1. The maximum absolute atomic E-state index is 12.7. The maximum Gasteiger partial charge on any atom is 0.272 e. The monoisotopic (exact) mass is 265 g/mol. The van der Waals surface area contributed by atoms with Crippen LogP contribution in [0.3, 0.4) is 0 Å². The molecule has 0 saturated carbocycles. The molecule has 19 heavy (non-hydrogen) atoms. The number of aromatic nitrogens is 2. The highest BCUT2D eigenvalue weighted by Gasteiger charge is 2.43. The lowest BCUT2D eigenvalue weighted by molar-refractivity contribution is 0.0246. The van der Waals surface area contributed by atoms with Gasteiger partial charge in [0.25, 0.3) is 5.91 Å². The minimum atomic E-state index is -0.134. The molecule has 0 aromatic carbocycles. The van der Waals surface area contributed by atoms with Gasteiger partial charge in [-0.05, 0) is 25.3 Å². The van der Waals surface area contributed by atoms with Gasteiger partial charge in [0.2, 0.25) is 0 Å². The van der Waals surface area contributed by atoms with Gasteiger partial charge in [0.05, 0.1) is 12.1 Å². The predicted octanol–water partition coefficient (Wildman–Crippen LogP) is 1.84. The van der Waals surface area contributed by atoms with Gasteiger partial charge < -0.3 is 9.64 Å². The minimum absolute atomic E-state index is 0.0722. The summed E-state index contributed by atoms with van der Waals surface area (Å²) in [5.74, 6) is 0.0722. The largest absolute Gasteiger partial charge is 0.382 e. The Morgan fingerprint density at radius 3 is 2.95 bits per heavy atom. The molecule has 2 heterocycles. The Labute approximate surface area is 114 Å². The second-order valence-electron chi connectivity index (χ2n) is 5.31. The average Bonchev–Trinajstić information content (AvgIpc) is 2.96. The van der Waals surface area contributed by atoms with Crippen LogP contribution in [0, 0.1) is 0 Å². The summed E-state index contributed by atoms with van der Waals surface area (Å²) >= 11 is 0. The highest BCUT2D eigenvalue weighted by atomic mass is 16.5. The molecule has 0 aliphatic carbocycles. The van der Waals surface area contributed by atoms with Crippen LogP contribution in [0.25, 0.3) is 0 Å². The third-order valence-electron chi connectivity index (χ3n) is 4.01. The van der Waals surface area contributed by atoms with Crippen LogP contribution in [-0.4, -0.2) is 46.4 Å². The quantitative estimate of drug-likeness (QED) is 0.816. The lowest BCUT2D eigenvalue weighted by atomic mass is 9.91. The van der Waals surface area contributed by atoms with Gasteiger partial charge in [0, 0.05) is 26.9 Å². The summed E-state index contributed by atoms with van der Waals surface area (Å²) < 4.78 is 7.04. The Morgan fingerprint density at radius 2 is 2.37 bits per heavy atom. The fourth-order valence-electron chi connectivity index (χ4n) is 3.19. The number of likely N-dealkylation sites (tertiary alicyclic amines) is 1. The molecule has 0 unspecified atom stereocenters. The number of methoxy groups -OCH3 is 1. The standard InChI is InChI=1S/C14H23N3O2/c1-4-7-14(11-19-3)8-5-10-17(14)13(18)12-6-9-15-16(12)2/h6,9H,4-5,7-8,10-11H2,1-3H3/t14-/m0/s1. The molecule has 0 N–H and O–H groups in total. The topological polar surface area (TPSA) is 47.4 Å². The molecule has 1 amide bonds. The maximum atomic E-state index is 12.7. The van der Waals surface area contributed by atoms with Gasteiger partial charge in [0.15, 0.2) is 0 Å². The second kappa shape index (κ2) is 5.74. The van der Waals surface area contributed by atoms with Crippen molar-refractivity contribution in [3.8, 4) is 0 Å². The van der Waals surface area contributed by atoms with Crippen molar-refractivity contribution in [3.05, 3.63) is 18.0 Å². The number of ether oxygens (including phenoxy) is 1. The van der Waals surface area contributed by atoms with Gasteiger partial charge in [0.1, 0.15) is 5.69 Å². The van der Waals surface area contributed by atoms with Crippen LogP contribution in [0.5, 0.6) is 0 Å². The van der Waals surface area contributed by atoms with E-state index in [1.165, 1.54) is 0 Å². The number of hydrogen-bond donors (Lipinski definition) is 0. The number of hydrogen-bond acceptors (Lipinski definition) is 3. The summed E-state index contributed by atoms with van der Waals surface area (Å²) in [5.41, 5.74) is 0.517. The van der Waals surface area contributed by atoms with Gasteiger partial charge in [-0.15, -0.1) is 0 Å². The number of rotatable bonds is 5. The lowest BCUT2D eigenvalue weighted by Crippen LogP contribution is -2.50. The van der Waals surface area contributed by atoms with E-state index in [1.807, 2.05) is 4.90 Å². The lowest BCUT2D eigenvalue weighted by Gasteiger charge is -2.38. The molecule has 1 aromatic rings. The predicted molar refractivity (Wildman–Crippen MR) is 73.0 cm³/mol. The summed E-state index contributed by atoms with van der Waals surface area (Å²) in [6.07, 6.45) is 5.79. The fraction of sp³-hybridized carbons (Fsp3) is 0.714. The van der Waals surface area contributed by atoms with Crippen LogP contribution in [0.15, 0.2) is 12.3 Å². The van der Waals surface area contributed by atoms with Gasteiger partial charge in [-0.1, -0.05) is 13.3 Å². The van der Waals surface area contributed by atoms with E-state index in [-0.39, 0.29) is 11.4 Å². The number of nitrogens with zero attached hydrogens (tertiary/aromatic N) is 3. The van der Waals surface area contributed by atoms with E-state index in [0.29, 0.717) is 12.3 Å². The summed E-state index contributed by atoms with van der Waals surface area (Å²) in [5, 5.41) is 4.09. The number of aryl methyl sites for hydroxylation is 1. The molecule has 1 saturated heterocycles. The highest BCUT2D eigenvalue weighted by molar-refractivity contribution is 5.93. The summed E-state index contributed by atoms with van der Waals surface area (Å²) in [4.78, 5) is 14.7. The first kappa shape index (κ1) is 14.1. The molecular formula is C14H23N3O2. The Bertz CT molecular complexity index is 436. The second-order valence-corrected chi connectivity index (χ2v) is 5.31. The van der Waals surface area contributed by atoms with Crippen LogP contribution < -0.4 is 0 Å². The van der Waals surface area contributed by atoms with E-state index in [1.54, 1.807) is 31.1 Å². The highest BCUT2D eigenvalue weighted by Crippen LogP contribution is 2.35. The van der Waals surface area contributed by atoms with Crippen LogP contribution in [0.4, 0.5) is 0 Å². The van der Waals surface area contributed by atoms with Crippen molar-refractivity contribution in [2.24, 2.45) is 7.05 Å². The molecule has 0 radical (unpaired) electrons. The minimum Gasteiger partial charge on any atom is -0.382 e. The van der Waals surface area contributed by atoms with Crippen molar-refractivity contribution in [1.82, 2.24) is 14.7 Å². The SMILES string of the molecule is CCC[C@@]1(COC)CCCN1C(=O)c1ccnn1C. The molecule has 2 rings (SSSR count). The van der Waals surface area contributed by atoms with E-state index in [0.717, 1.165) is 32.2 Å². The molecule has 1 aliphatic rings. The Morgan fingerprint density at radius 1 is 1.58 bits per heavy atom. The molecule has 1 aliphatic heterocycles. The average molecular weight is 265 g/mol. The van der Waals surface area contributed by atoms with Crippen LogP contribution in [-0.2, 0) is 11.8 Å². The summed E-state index contributed by atoms with van der Waals surface area (Å²) in [6.45, 7) is 3.58. The van der Waals surface area contributed by atoms with Crippen molar-refractivity contribution >= 4 is 5.91 Å². The molecule has 5 heteroatoms. The third kappa shape index (κ3) is 2.52. The van der Waals surface area contributed by atoms with Crippen molar-refractivity contribution in [3.63, 3.8) is 0 Å². The smallest absolute Gasteiger partial charge is 0.272 e. The van der Waals surface area contributed by atoms with Crippen molar-refractivity contribution in [2.45, 2.75) is 38.1 Å². The first-order chi connectivity index (χ1) is 9.14. The summed E-state index contributed by atoms with van der Waals surface area (Å²) in [6, 6.07) is 1.78. The molecular weight excluding hydrogens is 242 g/mol. The fourth-order valence-corrected chi connectivity index (χ4v) is 3.19. The Balaban J connectivity index is 2.26. The normalized spacial score (nSPS) is 23.0. The van der Waals surface area contributed by atoms with Gasteiger partial charge in [-0.25, -0.2) is 0 Å². The molecule has 1 fully saturated rings. The van der Waals surface area contributed by atoms with Crippen molar-refractivity contribution < 1.29 is 9.53 Å². The molecule has 5 nitrogen and oxygen atoms in total. The van der Waals surface area contributed by atoms with Crippen LogP contribution in [0.1, 0.15) is 43.1 Å². The molecule has 1 aromatic heterocycles. The van der Waals surface area contributed by atoms with Crippen LogP contribution >= 0.6 is 0 Å². The zero-order chi connectivity index (χ0) is 13.9. The van der Waals surface area contributed by atoms with Crippen LogP contribution in [0.2, 0.25) is 0 Å². The zero-order valence-corrected chi connectivity index (χ0v) is 12.1. The van der Waals surface area contributed by atoms with E-state index in [4.69, 9.17) is 4.74 Å². The Hall–Kier alpha value is -1.36. The van der Waals surface area contributed by atoms with Crippen molar-refractivity contribution in [1.29, 1.82) is 0 Å². The van der Waals surface area contributed by atoms with E-state index < -0.39 is 0 Å². The number of carbonyl (C=O) groups excluding carboxylic acids is 1. The van der Waals surface area contributed by atoms with Crippen molar-refractivity contribution in [2.75, 3.05) is 20.3 Å². The van der Waals surface area contributed by atoms with Gasteiger partial charge in [-0.3, -0.25) is 9.48 Å². The van der Waals surface area contributed by atoms with E-state index >= 15 is 0 Å². The van der Waals surface area contributed by atoms with E-state index in [9.17, 15) is 4.79 Å². The molecule has 0 bridgehead atoms. The third-order valence-corrected chi connectivity index (χ3v) is 4.01.